The minimum absolute atomic E-state index is 0.504. The Morgan fingerprint density at radius 3 is 2.85 bits per heavy atom. The molecule has 0 spiro atoms. The molecule has 0 saturated carbocycles. The lowest BCUT2D eigenvalue weighted by Gasteiger charge is -2.10. The number of nitrogen functional groups attached to an aromatic ring is 1. The zero-order valence-corrected chi connectivity index (χ0v) is 12.4. The van der Waals surface area contributed by atoms with Crippen molar-refractivity contribution in [2.24, 2.45) is 0 Å². The van der Waals surface area contributed by atoms with E-state index in [0.29, 0.717) is 23.8 Å². The van der Waals surface area contributed by atoms with Crippen LogP contribution in [0, 0.1) is 11.3 Å². The second-order valence-corrected chi connectivity index (χ2v) is 6.22. The van der Waals surface area contributed by atoms with E-state index in [0.717, 1.165) is 28.2 Å². The first-order valence-electron chi connectivity index (χ1n) is 6.69. The number of benzene rings is 1. The number of nitriles is 1. The van der Waals surface area contributed by atoms with Crippen molar-refractivity contribution in [3.63, 3.8) is 0 Å². The maximum Gasteiger partial charge on any atom is 0.132 e. The number of ether oxygens (including phenoxy) is 1. The van der Waals surface area contributed by atoms with Gasteiger partial charge in [0, 0.05) is 22.4 Å². The van der Waals surface area contributed by atoms with Gasteiger partial charge in [0.15, 0.2) is 0 Å². The molecule has 102 valence electrons. The first kappa shape index (κ1) is 13.0. The molecule has 0 aliphatic carbocycles. The van der Waals surface area contributed by atoms with E-state index in [-0.39, 0.29) is 0 Å². The van der Waals surface area contributed by atoms with Gasteiger partial charge in [0.05, 0.1) is 17.9 Å². The van der Waals surface area contributed by atoms with Gasteiger partial charge in [-0.05, 0) is 29.0 Å². The first-order chi connectivity index (χ1) is 9.61. The summed E-state index contributed by atoms with van der Waals surface area (Å²) in [6.45, 7) is 4.99. The molecule has 2 heterocycles. The van der Waals surface area contributed by atoms with Crippen LogP contribution in [0.4, 0.5) is 5.69 Å². The normalized spacial score (nSPS) is 13.1. The molecule has 1 aromatic heterocycles. The van der Waals surface area contributed by atoms with E-state index in [4.69, 9.17) is 10.5 Å². The quantitative estimate of drug-likeness (QED) is 0.850. The topological polar surface area (TPSA) is 59.0 Å². The second kappa shape index (κ2) is 4.84. The Morgan fingerprint density at radius 2 is 2.20 bits per heavy atom. The highest BCUT2D eigenvalue weighted by Gasteiger charge is 2.24. The largest absolute Gasteiger partial charge is 0.492 e. The van der Waals surface area contributed by atoms with Crippen molar-refractivity contribution in [3.05, 3.63) is 34.2 Å². The van der Waals surface area contributed by atoms with E-state index in [1.54, 1.807) is 11.3 Å². The molecule has 3 rings (SSSR count). The third-order valence-corrected chi connectivity index (χ3v) is 4.65. The van der Waals surface area contributed by atoms with Gasteiger partial charge in [0.25, 0.3) is 0 Å². The summed E-state index contributed by atoms with van der Waals surface area (Å²) in [7, 11) is 0. The highest BCUT2D eigenvalue weighted by Crippen LogP contribution is 2.43. The van der Waals surface area contributed by atoms with Gasteiger partial charge < -0.3 is 10.5 Å². The Morgan fingerprint density at radius 1 is 1.40 bits per heavy atom. The van der Waals surface area contributed by atoms with Gasteiger partial charge in [-0.1, -0.05) is 13.8 Å². The number of thiophene rings is 1. The lowest BCUT2D eigenvalue weighted by Crippen LogP contribution is -1.96. The first-order valence-corrected chi connectivity index (χ1v) is 7.56. The smallest absolute Gasteiger partial charge is 0.132 e. The van der Waals surface area contributed by atoms with Crippen LogP contribution in [0.25, 0.3) is 10.4 Å². The van der Waals surface area contributed by atoms with Crippen molar-refractivity contribution >= 4 is 17.0 Å². The second-order valence-electron chi connectivity index (χ2n) is 5.31. The fourth-order valence-corrected chi connectivity index (χ4v) is 3.60. The summed E-state index contributed by atoms with van der Waals surface area (Å²) in [5.41, 5.74) is 10.5. The highest BCUT2D eigenvalue weighted by molar-refractivity contribution is 7.13. The number of anilines is 1. The van der Waals surface area contributed by atoms with Crippen LogP contribution in [-0.4, -0.2) is 6.61 Å². The summed E-state index contributed by atoms with van der Waals surface area (Å²) in [6, 6.07) is 6.26. The molecule has 2 aromatic rings. The molecule has 0 saturated heterocycles. The Hall–Kier alpha value is -1.99. The van der Waals surface area contributed by atoms with Gasteiger partial charge in [0.1, 0.15) is 11.8 Å². The Labute approximate surface area is 122 Å². The number of hydrogen-bond acceptors (Lipinski definition) is 4. The monoisotopic (exact) mass is 284 g/mol. The summed E-state index contributed by atoms with van der Waals surface area (Å²) >= 11 is 1.70. The number of rotatable bonds is 2. The summed E-state index contributed by atoms with van der Waals surface area (Å²) in [5.74, 6) is 1.35. The van der Waals surface area contributed by atoms with Crippen LogP contribution in [0.5, 0.6) is 5.75 Å². The van der Waals surface area contributed by atoms with Gasteiger partial charge in [-0.25, -0.2) is 0 Å². The molecule has 4 heteroatoms. The van der Waals surface area contributed by atoms with Crippen LogP contribution in [-0.2, 0) is 6.42 Å². The van der Waals surface area contributed by atoms with Crippen LogP contribution in [0.15, 0.2) is 17.5 Å². The molecule has 0 bridgehead atoms. The number of hydrogen-bond donors (Lipinski definition) is 1. The molecule has 0 radical (unpaired) electrons. The number of nitrogens with two attached hydrogens (primary N) is 1. The van der Waals surface area contributed by atoms with Crippen molar-refractivity contribution < 1.29 is 4.74 Å². The predicted octanol–water partition coefficient (Wildman–Crippen LogP) is 3.93. The van der Waals surface area contributed by atoms with Crippen molar-refractivity contribution in [2.75, 3.05) is 12.3 Å². The van der Waals surface area contributed by atoms with Crippen LogP contribution in [0.1, 0.15) is 36.5 Å². The molecule has 3 nitrogen and oxygen atoms in total. The van der Waals surface area contributed by atoms with Gasteiger partial charge in [-0.3, -0.25) is 0 Å². The van der Waals surface area contributed by atoms with E-state index in [1.165, 1.54) is 5.56 Å². The lowest BCUT2D eigenvalue weighted by atomic mass is 9.98. The summed E-state index contributed by atoms with van der Waals surface area (Å²) in [4.78, 5) is 1.16. The fraction of sp³-hybridized carbons (Fsp3) is 0.312. The van der Waals surface area contributed by atoms with E-state index >= 15 is 0 Å². The third kappa shape index (κ3) is 1.95. The molecular weight excluding hydrogens is 268 g/mol. The third-order valence-electron chi connectivity index (χ3n) is 3.67. The average Bonchev–Trinajstić information content (AvgIpc) is 3.06. The van der Waals surface area contributed by atoms with Crippen LogP contribution < -0.4 is 10.5 Å². The number of nitrogens with zero attached hydrogens (tertiary/aromatic N) is 1. The highest BCUT2D eigenvalue weighted by atomic mass is 32.1. The summed E-state index contributed by atoms with van der Waals surface area (Å²) < 4.78 is 5.75. The Balaban J connectivity index is 2.17. The average molecular weight is 284 g/mol. The molecule has 1 aliphatic heterocycles. The minimum Gasteiger partial charge on any atom is -0.492 e. The van der Waals surface area contributed by atoms with Gasteiger partial charge in [-0.15, -0.1) is 11.3 Å². The molecule has 0 fully saturated rings. The summed E-state index contributed by atoms with van der Waals surface area (Å²) in [5, 5.41) is 11.4. The fourth-order valence-electron chi connectivity index (χ4n) is 2.51. The van der Waals surface area contributed by atoms with Gasteiger partial charge in [0.2, 0.25) is 0 Å². The van der Waals surface area contributed by atoms with Crippen LogP contribution in [0.3, 0.4) is 0 Å². The Kier molecular flexibility index (Phi) is 3.15. The summed E-state index contributed by atoms with van der Waals surface area (Å²) in [6.07, 6.45) is 0.763. The van der Waals surface area contributed by atoms with Gasteiger partial charge >= 0.3 is 0 Å². The van der Waals surface area contributed by atoms with Crippen molar-refractivity contribution in [1.29, 1.82) is 5.26 Å². The predicted molar refractivity (Wildman–Crippen MR) is 82.2 cm³/mol. The molecule has 0 amide bonds. The molecule has 1 aliphatic rings. The van der Waals surface area contributed by atoms with E-state index in [9.17, 15) is 5.26 Å². The molecule has 1 aromatic carbocycles. The Bertz CT molecular complexity index is 710. The van der Waals surface area contributed by atoms with Crippen LogP contribution >= 0.6 is 11.3 Å². The standard InChI is InChI=1S/C16H16N2OS/c1-9(2)10-5-15(20-8-10)12-6-14(18)13(7-17)11-3-4-19-16(11)12/h5-6,8-9H,3-4,18H2,1-2H3. The van der Waals surface area contributed by atoms with Gasteiger partial charge in [-0.2, -0.15) is 5.26 Å². The maximum atomic E-state index is 9.24. The number of fused-ring (bicyclic) bond motifs is 1. The SMILES string of the molecule is CC(C)c1csc(-c2cc(N)c(C#N)c3c2OCC3)c1. The lowest BCUT2D eigenvalue weighted by molar-refractivity contribution is 0.358. The molecule has 2 N–H and O–H groups in total. The molecule has 0 unspecified atom stereocenters. The maximum absolute atomic E-state index is 9.24. The molecule has 0 atom stereocenters. The zero-order valence-electron chi connectivity index (χ0n) is 11.6. The van der Waals surface area contributed by atoms with E-state index in [2.05, 4.69) is 31.4 Å². The molecule has 20 heavy (non-hydrogen) atoms. The minimum atomic E-state index is 0.504. The van der Waals surface area contributed by atoms with Crippen LogP contribution in [0.2, 0.25) is 0 Å². The van der Waals surface area contributed by atoms with E-state index in [1.807, 2.05) is 6.07 Å². The van der Waals surface area contributed by atoms with E-state index < -0.39 is 0 Å². The van der Waals surface area contributed by atoms with Crippen molar-refractivity contribution in [2.45, 2.75) is 26.2 Å². The van der Waals surface area contributed by atoms with Crippen molar-refractivity contribution in [1.82, 2.24) is 0 Å². The zero-order chi connectivity index (χ0) is 14.3. The molecular formula is C16H16N2OS. The van der Waals surface area contributed by atoms with Crippen molar-refractivity contribution in [3.8, 4) is 22.3 Å².